The molecule has 2 aromatic carbocycles. The summed E-state index contributed by atoms with van der Waals surface area (Å²) in [7, 11) is -3.65. The number of hydrogen-bond acceptors (Lipinski definition) is 6. The van der Waals surface area contributed by atoms with Crippen molar-refractivity contribution in [1.82, 2.24) is 10.2 Å². The Bertz CT molecular complexity index is 1150. The molecule has 1 aliphatic heterocycles. The molecule has 0 radical (unpaired) electrons. The number of amides is 1. The van der Waals surface area contributed by atoms with Crippen molar-refractivity contribution in [2.45, 2.75) is 30.8 Å². The van der Waals surface area contributed by atoms with E-state index in [2.05, 4.69) is 44.5 Å². The smallest absolute Gasteiger partial charge is 0.376 e. The molecule has 1 unspecified atom stereocenters. The highest BCUT2D eigenvalue weighted by Gasteiger charge is 2.48. The summed E-state index contributed by atoms with van der Waals surface area (Å²) in [5.41, 5.74) is -1.59. The topological polar surface area (TPSA) is 79.0 Å². The van der Waals surface area contributed by atoms with E-state index < -0.39 is 21.4 Å². The summed E-state index contributed by atoms with van der Waals surface area (Å²) in [5, 5.41) is 3.00. The maximum atomic E-state index is 12.7. The molecule has 1 heterocycles. The third-order valence-electron chi connectivity index (χ3n) is 6.25. The molecule has 4 rings (SSSR count). The second-order valence-corrected chi connectivity index (χ2v) is 10.2. The van der Waals surface area contributed by atoms with Crippen LogP contribution in [0.15, 0.2) is 42.5 Å². The van der Waals surface area contributed by atoms with Crippen LogP contribution >= 0.6 is 0 Å². The van der Waals surface area contributed by atoms with Gasteiger partial charge in [-0.3, -0.25) is 4.79 Å². The molecule has 11 heteroatoms. The van der Waals surface area contributed by atoms with Gasteiger partial charge < -0.3 is 19.3 Å². The quantitative estimate of drug-likeness (QED) is 0.506. The third-order valence-corrected chi connectivity index (χ3v) is 7.22. The van der Waals surface area contributed by atoms with Crippen LogP contribution in [0.25, 0.3) is 0 Å². The molecular weight excluding hydrogens is 471 g/mol. The molecule has 184 valence electrons. The molecule has 1 amide bonds. The number of carbonyl (C=O) groups excluding carboxylic acids is 1. The van der Waals surface area contributed by atoms with Crippen LogP contribution in [0.1, 0.15) is 27.9 Å². The highest BCUT2D eigenvalue weighted by Crippen LogP contribution is 2.31. The number of benzene rings is 2. The van der Waals surface area contributed by atoms with Gasteiger partial charge in [0.2, 0.25) is 0 Å². The number of fused-ring (bicyclic) bond motifs is 1. The van der Waals surface area contributed by atoms with E-state index in [-0.39, 0.29) is 17.5 Å². The summed E-state index contributed by atoms with van der Waals surface area (Å²) in [6, 6.07) is 10.8. The first kappa shape index (κ1) is 24.3. The Hall–Kier alpha value is -2.79. The lowest BCUT2D eigenvalue weighted by atomic mass is 9.86. The van der Waals surface area contributed by atoms with Gasteiger partial charge in [-0.15, -0.1) is 0 Å². The predicted octanol–water partition coefficient (Wildman–Crippen LogP) is 2.95. The number of aryl methyl sites for hydroxylation is 1. The molecule has 1 saturated heterocycles. The molecule has 7 nitrogen and oxygen atoms in total. The molecule has 1 N–H and O–H groups in total. The van der Waals surface area contributed by atoms with E-state index in [1.54, 1.807) is 0 Å². The van der Waals surface area contributed by atoms with Crippen LogP contribution < -0.4 is 14.4 Å². The van der Waals surface area contributed by atoms with Crippen LogP contribution in [0.4, 0.5) is 18.9 Å². The highest BCUT2D eigenvalue weighted by molar-refractivity contribution is 7.88. The number of piperazine rings is 1. The number of nitrogens with one attached hydrogen (secondary N) is 1. The number of carbonyl (C=O) groups is 1. The Morgan fingerprint density at radius 1 is 1.06 bits per heavy atom. The number of hydrogen-bond donors (Lipinski definition) is 1. The standard InChI is InChI=1S/C23H26F3N3O4S/c1-28-11-13-29(14-12-28)21-4-2-3-16-5-8-18(15-20(16)21)27-22(30)17-6-9-19(10-7-17)33-34(31,32)23(24,25)26/h2-4,6-7,9-10,18H,5,8,11-15H2,1H3,(H,27,30). The van der Waals surface area contributed by atoms with Crippen LogP contribution in [0.2, 0.25) is 0 Å². The summed E-state index contributed by atoms with van der Waals surface area (Å²) in [6.45, 7) is 3.88. The third kappa shape index (κ3) is 5.30. The Morgan fingerprint density at radius 2 is 1.74 bits per heavy atom. The van der Waals surface area contributed by atoms with Crippen molar-refractivity contribution in [3.8, 4) is 5.75 Å². The second kappa shape index (κ2) is 9.46. The average molecular weight is 498 g/mol. The van der Waals surface area contributed by atoms with Gasteiger partial charge in [-0.25, -0.2) is 0 Å². The number of likely N-dealkylation sites (N-methyl/N-ethyl adjacent to an activating group) is 1. The van der Waals surface area contributed by atoms with E-state index in [1.807, 2.05) is 0 Å². The Morgan fingerprint density at radius 3 is 2.38 bits per heavy atom. The lowest BCUT2D eigenvalue weighted by Crippen LogP contribution is -2.45. The predicted molar refractivity (Wildman–Crippen MR) is 121 cm³/mol. The van der Waals surface area contributed by atoms with Crippen molar-refractivity contribution in [3.05, 3.63) is 59.2 Å². The molecule has 0 aromatic heterocycles. The van der Waals surface area contributed by atoms with Gasteiger partial charge in [0.15, 0.2) is 0 Å². The van der Waals surface area contributed by atoms with Crippen LogP contribution in [0, 0.1) is 0 Å². The van der Waals surface area contributed by atoms with Gasteiger partial charge in [-0.2, -0.15) is 21.6 Å². The van der Waals surface area contributed by atoms with Crippen molar-refractivity contribution in [2.75, 3.05) is 38.1 Å². The van der Waals surface area contributed by atoms with Gasteiger partial charge >= 0.3 is 15.6 Å². The second-order valence-electron chi connectivity index (χ2n) is 8.63. The van der Waals surface area contributed by atoms with E-state index in [0.717, 1.165) is 51.2 Å². The minimum atomic E-state index is -5.76. The Labute approximate surface area is 196 Å². The van der Waals surface area contributed by atoms with Gasteiger partial charge in [0.05, 0.1) is 0 Å². The maximum absolute atomic E-state index is 12.7. The molecule has 1 fully saturated rings. The lowest BCUT2D eigenvalue weighted by Gasteiger charge is -2.37. The molecular formula is C23H26F3N3O4S. The van der Waals surface area contributed by atoms with Gasteiger partial charge in [-0.05, 0) is 67.8 Å². The number of nitrogens with zero attached hydrogens (tertiary/aromatic N) is 2. The van der Waals surface area contributed by atoms with Crippen LogP contribution in [0.3, 0.4) is 0 Å². The summed E-state index contributed by atoms with van der Waals surface area (Å²) in [5.74, 6) is -0.895. The van der Waals surface area contributed by atoms with Gasteiger partial charge in [0, 0.05) is 43.5 Å². The SMILES string of the molecule is CN1CCN(c2cccc3c2CC(NC(=O)c2ccc(OS(=O)(=O)C(F)(F)F)cc2)CC3)CC1. The normalized spacial score (nSPS) is 19.4. The minimum absolute atomic E-state index is 0.0878. The van der Waals surface area contributed by atoms with Crippen molar-refractivity contribution in [3.63, 3.8) is 0 Å². The fraction of sp³-hybridized carbons (Fsp3) is 0.435. The van der Waals surface area contributed by atoms with Crippen LogP contribution in [0.5, 0.6) is 5.75 Å². The maximum Gasteiger partial charge on any atom is 0.534 e. The first-order valence-electron chi connectivity index (χ1n) is 11.0. The molecule has 0 bridgehead atoms. The number of alkyl halides is 3. The summed E-state index contributed by atoms with van der Waals surface area (Å²) >= 11 is 0. The van der Waals surface area contributed by atoms with Crippen LogP contribution in [-0.4, -0.2) is 64.0 Å². The first-order valence-corrected chi connectivity index (χ1v) is 12.4. The monoisotopic (exact) mass is 497 g/mol. The zero-order chi connectivity index (χ0) is 24.5. The Balaban J connectivity index is 1.42. The van der Waals surface area contributed by atoms with Gasteiger partial charge in [0.25, 0.3) is 5.91 Å². The van der Waals surface area contributed by atoms with E-state index in [1.165, 1.54) is 28.9 Å². The summed E-state index contributed by atoms with van der Waals surface area (Å²) in [6.07, 6.45) is 2.30. The zero-order valence-corrected chi connectivity index (χ0v) is 19.5. The first-order chi connectivity index (χ1) is 16.0. The van der Waals surface area contributed by atoms with Crippen molar-refractivity contribution in [1.29, 1.82) is 0 Å². The lowest BCUT2D eigenvalue weighted by molar-refractivity contribution is -0.0500. The van der Waals surface area contributed by atoms with Gasteiger partial charge in [0.1, 0.15) is 5.75 Å². The fourth-order valence-electron chi connectivity index (χ4n) is 4.34. The molecule has 2 aromatic rings. The zero-order valence-electron chi connectivity index (χ0n) is 18.6. The van der Waals surface area contributed by atoms with Crippen molar-refractivity contribution in [2.24, 2.45) is 0 Å². The Kier molecular flexibility index (Phi) is 6.77. The molecule has 1 atom stereocenters. The van der Waals surface area contributed by atoms with E-state index in [0.29, 0.717) is 6.42 Å². The molecule has 0 spiro atoms. The largest absolute Gasteiger partial charge is 0.534 e. The van der Waals surface area contributed by atoms with E-state index >= 15 is 0 Å². The molecule has 1 aliphatic carbocycles. The number of halogens is 3. The van der Waals surface area contributed by atoms with E-state index in [9.17, 15) is 26.4 Å². The fourth-order valence-corrected chi connectivity index (χ4v) is 4.80. The highest BCUT2D eigenvalue weighted by atomic mass is 32.2. The number of rotatable bonds is 5. The average Bonchev–Trinajstić information content (AvgIpc) is 2.79. The van der Waals surface area contributed by atoms with Gasteiger partial charge in [-0.1, -0.05) is 12.1 Å². The van der Waals surface area contributed by atoms with Crippen molar-refractivity contribution < 1.29 is 30.6 Å². The summed E-state index contributed by atoms with van der Waals surface area (Å²) in [4.78, 5) is 17.4. The van der Waals surface area contributed by atoms with Crippen LogP contribution in [-0.2, 0) is 23.0 Å². The van der Waals surface area contributed by atoms with Crippen molar-refractivity contribution >= 4 is 21.7 Å². The molecule has 2 aliphatic rings. The molecule has 34 heavy (non-hydrogen) atoms. The van der Waals surface area contributed by atoms with E-state index in [4.69, 9.17) is 0 Å². The molecule has 0 saturated carbocycles. The number of anilines is 1. The minimum Gasteiger partial charge on any atom is -0.376 e. The summed E-state index contributed by atoms with van der Waals surface area (Å²) < 4.78 is 63.8.